The number of amides is 1. The molecule has 0 spiro atoms. The predicted octanol–water partition coefficient (Wildman–Crippen LogP) is 3.64. The largest absolute Gasteiger partial charge is 0.365 e. The topological polar surface area (TPSA) is 121 Å². The van der Waals surface area contributed by atoms with E-state index in [1.165, 1.54) is 0 Å². The van der Waals surface area contributed by atoms with Crippen LogP contribution in [0, 0.1) is 6.92 Å². The zero-order valence-electron chi connectivity index (χ0n) is 16.0. The molecule has 28 heavy (non-hydrogen) atoms. The average Bonchev–Trinajstić information content (AvgIpc) is 3.27. The van der Waals surface area contributed by atoms with Crippen molar-refractivity contribution < 1.29 is 13.8 Å². The number of aryl methyl sites for hydroxylation is 1. The first-order chi connectivity index (χ1) is 13.2. The number of rotatable bonds is 3. The molecule has 0 aliphatic rings. The minimum atomic E-state index is -0.588. The lowest BCUT2D eigenvalue weighted by Gasteiger charge is -2.12. The molecule has 0 unspecified atom stereocenters. The molecule has 0 atom stereocenters. The second-order valence-corrected chi connectivity index (χ2v) is 7.62. The van der Waals surface area contributed by atoms with Crippen LogP contribution in [0.15, 0.2) is 39.5 Å². The number of fused-ring (bicyclic) bond motifs is 1. The highest BCUT2D eigenvalue weighted by atomic mass is 16.5. The van der Waals surface area contributed by atoms with Crippen LogP contribution < -0.4 is 5.73 Å². The van der Waals surface area contributed by atoms with Crippen molar-refractivity contribution in [2.45, 2.75) is 33.1 Å². The van der Waals surface area contributed by atoms with Crippen molar-refractivity contribution in [1.29, 1.82) is 0 Å². The van der Waals surface area contributed by atoms with Crippen LogP contribution in [-0.2, 0) is 5.41 Å². The molecule has 0 saturated heterocycles. The highest BCUT2D eigenvalue weighted by molar-refractivity contribution is 6.00. The lowest BCUT2D eigenvalue weighted by atomic mass is 9.93. The van der Waals surface area contributed by atoms with Crippen molar-refractivity contribution in [3.05, 3.63) is 47.5 Å². The summed E-state index contributed by atoms with van der Waals surface area (Å²) in [4.78, 5) is 20.7. The van der Waals surface area contributed by atoms with Gasteiger partial charge in [-0.2, -0.15) is 0 Å². The third kappa shape index (κ3) is 3.02. The van der Waals surface area contributed by atoms with Gasteiger partial charge in [-0.3, -0.25) is 4.79 Å². The number of nitrogens with two attached hydrogens (primary N) is 1. The summed E-state index contributed by atoms with van der Waals surface area (Å²) in [5.41, 5.74) is 7.88. The maximum Gasteiger partial charge on any atom is 0.254 e. The first-order valence-corrected chi connectivity index (χ1v) is 8.75. The summed E-state index contributed by atoms with van der Waals surface area (Å²) < 4.78 is 10.6. The van der Waals surface area contributed by atoms with Crippen LogP contribution >= 0.6 is 0 Å². The van der Waals surface area contributed by atoms with E-state index in [1.54, 1.807) is 13.1 Å². The number of aromatic nitrogens is 4. The van der Waals surface area contributed by atoms with Crippen molar-refractivity contribution in [1.82, 2.24) is 20.3 Å². The molecule has 0 aliphatic carbocycles. The summed E-state index contributed by atoms with van der Waals surface area (Å²) in [5.74, 6) is 0.997. The highest BCUT2D eigenvalue weighted by Gasteiger charge is 2.22. The highest BCUT2D eigenvalue weighted by Crippen LogP contribution is 2.29. The summed E-state index contributed by atoms with van der Waals surface area (Å²) in [5, 5.41) is 8.91. The maximum absolute atomic E-state index is 11.7. The van der Waals surface area contributed by atoms with Gasteiger partial charge in [0.25, 0.3) is 5.91 Å². The Morgan fingerprint density at radius 3 is 2.57 bits per heavy atom. The summed E-state index contributed by atoms with van der Waals surface area (Å²) in [7, 11) is 0. The Hall–Kier alpha value is -3.55. The first kappa shape index (κ1) is 17.8. The summed E-state index contributed by atoms with van der Waals surface area (Å²) >= 11 is 0. The zero-order chi connectivity index (χ0) is 20.1. The minimum absolute atomic E-state index is 0.161. The molecule has 0 fully saturated rings. The summed E-state index contributed by atoms with van der Waals surface area (Å²) in [6.07, 6.45) is 1.72. The zero-order valence-corrected chi connectivity index (χ0v) is 16.0. The number of nitrogens with zero attached hydrogens (tertiary/aromatic N) is 4. The molecule has 8 nitrogen and oxygen atoms in total. The van der Waals surface area contributed by atoms with Gasteiger partial charge >= 0.3 is 0 Å². The molecule has 2 N–H and O–H groups in total. The van der Waals surface area contributed by atoms with Crippen LogP contribution in [0.1, 0.15) is 42.6 Å². The number of primary amides is 1. The van der Waals surface area contributed by atoms with Crippen molar-refractivity contribution >= 4 is 16.8 Å². The Kier molecular flexibility index (Phi) is 3.99. The van der Waals surface area contributed by atoms with E-state index in [1.807, 2.05) is 45.0 Å². The van der Waals surface area contributed by atoms with Gasteiger partial charge in [-0.25, -0.2) is 9.97 Å². The van der Waals surface area contributed by atoms with Gasteiger partial charge in [0.05, 0.1) is 5.52 Å². The number of carbonyl (C=O) groups excluding carboxylic acids is 1. The number of benzene rings is 1. The van der Waals surface area contributed by atoms with E-state index in [-0.39, 0.29) is 11.0 Å². The molecule has 3 aromatic heterocycles. The SMILES string of the molecule is Cc1onc(-c2ccc3cnc(-c4cc(C(C)(C)C)on4)nc3c2)c1C(N)=O. The minimum Gasteiger partial charge on any atom is -0.365 e. The molecule has 3 heterocycles. The van der Waals surface area contributed by atoms with Crippen molar-refractivity contribution in [2.24, 2.45) is 5.73 Å². The van der Waals surface area contributed by atoms with E-state index in [4.69, 9.17) is 14.8 Å². The quantitative estimate of drug-likeness (QED) is 0.578. The lowest BCUT2D eigenvalue weighted by molar-refractivity contribution is 0.0999. The van der Waals surface area contributed by atoms with Crippen LogP contribution in [0.3, 0.4) is 0 Å². The molecule has 1 aromatic carbocycles. The van der Waals surface area contributed by atoms with E-state index < -0.39 is 5.91 Å². The number of carbonyl (C=O) groups is 1. The monoisotopic (exact) mass is 377 g/mol. The van der Waals surface area contributed by atoms with E-state index in [0.717, 1.165) is 11.1 Å². The van der Waals surface area contributed by atoms with Crippen molar-refractivity contribution in [2.75, 3.05) is 0 Å². The molecule has 142 valence electrons. The van der Waals surface area contributed by atoms with Gasteiger partial charge in [-0.05, 0) is 13.0 Å². The van der Waals surface area contributed by atoms with Gasteiger partial charge in [-0.15, -0.1) is 0 Å². The van der Waals surface area contributed by atoms with Crippen LogP contribution in [0.2, 0.25) is 0 Å². The molecule has 4 aromatic rings. The van der Waals surface area contributed by atoms with Crippen molar-refractivity contribution in [3.8, 4) is 22.8 Å². The van der Waals surface area contributed by atoms with Crippen LogP contribution in [0.25, 0.3) is 33.7 Å². The van der Waals surface area contributed by atoms with Gasteiger partial charge in [0.15, 0.2) is 11.5 Å². The van der Waals surface area contributed by atoms with E-state index in [0.29, 0.717) is 34.1 Å². The fourth-order valence-electron chi connectivity index (χ4n) is 2.89. The molecule has 0 radical (unpaired) electrons. The lowest BCUT2D eigenvalue weighted by Crippen LogP contribution is -2.12. The standard InChI is InChI=1S/C20H19N5O3/c1-10-16(18(21)26)17(25-27-10)11-5-6-12-9-22-19(23-13(12)7-11)14-8-15(28-24-14)20(2,3)4/h5-9H,1-4H3,(H2,21,26). The Balaban J connectivity index is 1.80. The summed E-state index contributed by atoms with van der Waals surface area (Å²) in [6.45, 7) is 7.78. The fourth-order valence-corrected chi connectivity index (χ4v) is 2.89. The van der Waals surface area contributed by atoms with Crippen molar-refractivity contribution in [3.63, 3.8) is 0 Å². The molecule has 0 aliphatic heterocycles. The molecule has 4 rings (SSSR count). The third-order valence-electron chi connectivity index (χ3n) is 4.44. The van der Waals surface area contributed by atoms with E-state index >= 15 is 0 Å². The normalized spacial score (nSPS) is 11.9. The number of hydrogen-bond acceptors (Lipinski definition) is 7. The molecule has 0 bridgehead atoms. The Labute approximate surface area is 160 Å². The second kappa shape index (κ2) is 6.26. The third-order valence-corrected chi connectivity index (χ3v) is 4.44. The predicted molar refractivity (Wildman–Crippen MR) is 102 cm³/mol. The Bertz CT molecular complexity index is 1200. The average molecular weight is 377 g/mol. The fraction of sp³-hybridized carbons (Fsp3) is 0.250. The van der Waals surface area contributed by atoms with E-state index in [9.17, 15) is 4.79 Å². The van der Waals surface area contributed by atoms with Gasteiger partial charge < -0.3 is 14.8 Å². The first-order valence-electron chi connectivity index (χ1n) is 8.75. The Morgan fingerprint density at radius 1 is 1.11 bits per heavy atom. The number of hydrogen-bond donors (Lipinski definition) is 1. The molecular formula is C20H19N5O3. The van der Waals surface area contributed by atoms with Gasteiger partial charge in [-0.1, -0.05) is 43.2 Å². The smallest absolute Gasteiger partial charge is 0.254 e. The molecular weight excluding hydrogens is 358 g/mol. The van der Waals surface area contributed by atoms with Gasteiger partial charge in [0.1, 0.15) is 22.8 Å². The van der Waals surface area contributed by atoms with Crippen LogP contribution in [-0.4, -0.2) is 26.2 Å². The van der Waals surface area contributed by atoms with Gasteiger partial charge in [0.2, 0.25) is 0 Å². The second-order valence-electron chi connectivity index (χ2n) is 7.62. The van der Waals surface area contributed by atoms with Gasteiger partial charge in [0, 0.05) is 28.6 Å². The van der Waals surface area contributed by atoms with E-state index in [2.05, 4.69) is 20.3 Å². The van der Waals surface area contributed by atoms with Crippen LogP contribution in [0.4, 0.5) is 0 Å². The van der Waals surface area contributed by atoms with Crippen LogP contribution in [0.5, 0.6) is 0 Å². The molecule has 8 heteroatoms. The summed E-state index contributed by atoms with van der Waals surface area (Å²) in [6, 6.07) is 7.34. The Morgan fingerprint density at radius 2 is 1.89 bits per heavy atom. The maximum atomic E-state index is 11.7. The molecule has 0 saturated carbocycles. The molecule has 1 amide bonds.